The smallest absolute Gasteiger partial charge is 0.236 e. The average molecular weight is 309 g/mol. The summed E-state index contributed by atoms with van der Waals surface area (Å²) in [5, 5.41) is 0. The quantitative estimate of drug-likeness (QED) is 0.705. The number of likely N-dealkylation sites (tertiary alicyclic amines) is 1. The number of amides is 1. The van der Waals surface area contributed by atoms with Gasteiger partial charge in [-0.1, -0.05) is 33.6 Å². The van der Waals surface area contributed by atoms with Crippen molar-refractivity contribution in [3.05, 3.63) is 0 Å². The molecule has 0 saturated carbocycles. The lowest BCUT2D eigenvalue weighted by Crippen LogP contribution is -2.52. The number of rotatable bonds is 6. The molecule has 2 rings (SSSR count). The van der Waals surface area contributed by atoms with Crippen LogP contribution in [0.5, 0.6) is 0 Å². The molecule has 2 heterocycles. The van der Waals surface area contributed by atoms with E-state index in [1.54, 1.807) is 0 Å². The highest BCUT2D eigenvalue weighted by atomic mass is 16.2. The molecule has 4 nitrogen and oxygen atoms in total. The molecule has 128 valence electrons. The Labute approximate surface area is 136 Å². The molecule has 2 aliphatic heterocycles. The zero-order valence-corrected chi connectivity index (χ0v) is 14.9. The highest BCUT2D eigenvalue weighted by Crippen LogP contribution is 2.21. The molecule has 4 heteroatoms. The molecule has 2 saturated heterocycles. The molecule has 0 aliphatic carbocycles. The van der Waals surface area contributed by atoms with Gasteiger partial charge in [0.05, 0.1) is 6.54 Å². The second-order valence-electron chi connectivity index (χ2n) is 7.57. The van der Waals surface area contributed by atoms with Gasteiger partial charge in [-0.25, -0.2) is 0 Å². The summed E-state index contributed by atoms with van der Waals surface area (Å²) in [7, 11) is 0. The van der Waals surface area contributed by atoms with E-state index >= 15 is 0 Å². The third-order valence-corrected chi connectivity index (χ3v) is 5.12. The van der Waals surface area contributed by atoms with Crippen molar-refractivity contribution in [3.63, 3.8) is 0 Å². The normalized spacial score (nSPS) is 28.0. The summed E-state index contributed by atoms with van der Waals surface area (Å²) in [6, 6.07) is 0. The lowest BCUT2D eigenvalue weighted by molar-refractivity contribution is -0.135. The molecule has 0 aromatic rings. The largest absolute Gasteiger partial charge is 0.341 e. The van der Waals surface area contributed by atoms with Gasteiger partial charge in [-0.2, -0.15) is 0 Å². The summed E-state index contributed by atoms with van der Waals surface area (Å²) in [4.78, 5) is 19.5. The van der Waals surface area contributed by atoms with E-state index in [4.69, 9.17) is 0 Å². The average Bonchev–Trinajstić information content (AvgIpc) is 2.48. The number of piperidine rings is 1. The fourth-order valence-electron chi connectivity index (χ4n) is 3.91. The van der Waals surface area contributed by atoms with Crippen LogP contribution in [0.15, 0.2) is 0 Å². The molecule has 2 aliphatic rings. The summed E-state index contributed by atoms with van der Waals surface area (Å²) in [5.41, 5.74) is 0. The van der Waals surface area contributed by atoms with E-state index in [0.717, 1.165) is 39.3 Å². The lowest BCUT2D eigenvalue weighted by Gasteiger charge is -2.38. The molecule has 0 bridgehead atoms. The number of carbonyl (C=O) groups is 1. The maximum absolute atomic E-state index is 12.5. The Morgan fingerprint density at radius 1 is 0.955 bits per heavy atom. The zero-order valence-electron chi connectivity index (χ0n) is 14.9. The van der Waals surface area contributed by atoms with E-state index in [1.807, 2.05) is 0 Å². The number of hydrogen-bond donors (Lipinski definition) is 0. The first kappa shape index (κ1) is 17.7. The fourth-order valence-corrected chi connectivity index (χ4v) is 3.91. The van der Waals surface area contributed by atoms with Gasteiger partial charge < -0.3 is 9.80 Å². The van der Waals surface area contributed by atoms with Gasteiger partial charge in [-0.15, -0.1) is 0 Å². The predicted octanol–water partition coefficient (Wildman–Crippen LogP) is 2.30. The number of carbonyl (C=O) groups excluding carboxylic acids is 1. The molecule has 0 radical (unpaired) electrons. The lowest BCUT2D eigenvalue weighted by atomic mass is 9.92. The van der Waals surface area contributed by atoms with Crippen LogP contribution in [0.25, 0.3) is 0 Å². The highest BCUT2D eigenvalue weighted by Gasteiger charge is 2.27. The van der Waals surface area contributed by atoms with Gasteiger partial charge in [0, 0.05) is 39.3 Å². The standard InChI is InChI=1S/C18H35N3O/c1-4-5-6-7-19-8-10-20(11-9-19)15-18(22)21-13-16(2)12-17(3)14-21/h16-17H,4-15H2,1-3H3. The van der Waals surface area contributed by atoms with Gasteiger partial charge in [0.15, 0.2) is 0 Å². The highest BCUT2D eigenvalue weighted by molar-refractivity contribution is 5.78. The maximum atomic E-state index is 12.5. The van der Waals surface area contributed by atoms with E-state index in [9.17, 15) is 4.79 Å². The van der Waals surface area contributed by atoms with Crippen LogP contribution in [0.4, 0.5) is 0 Å². The minimum Gasteiger partial charge on any atom is -0.341 e. The van der Waals surface area contributed by atoms with Crippen LogP contribution < -0.4 is 0 Å². The summed E-state index contributed by atoms with van der Waals surface area (Å²) in [5.74, 6) is 1.66. The minimum absolute atomic E-state index is 0.345. The van der Waals surface area contributed by atoms with Crippen molar-refractivity contribution in [2.24, 2.45) is 11.8 Å². The van der Waals surface area contributed by atoms with Crippen LogP contribution in [0, 0.1) is 11.8 Å². The second kappa shape index (κ2) is 8.88. The van der Waals surface area contributed by atoms with Crippen molar-refractivity contribution < 1.29 is 4.79 Å². The Hall–Kier alpha value is -0.610. The van der Waals surface area contributed by atoms with Crippen molar-refractivity contribution in [1.29, 1.82) is 0 Å². The van der Waals surface area contributed by atoms with Crippen molar-refractivity contribution in [2.75, 3.05) is 52.4 Å². The Kier molecular flexibility index (Phi) is 7.16. The number of piperazine rings is 1. The Morgan fingerprint density at radius 2 is 1.55 bits per heavy atom. The summed E-state index contributed by atoms with van der Waals surface area (Å²) in [6.07, 6.45) is 5.21. The third kappa shape index (κ3) is 5.54. The summed E-state index contributed by atoms with van der Waals surface area (Å²) < 4.78 is 0. The van der Waals surface area contributed by atoms with E-state index in [2.05, 4.69) is 35.5 Å². The van der Waals surface area contributed by atoms with Crippen LogP contribution in [0.1, 0.15) is 46.5 Å². The number of nitrogens with zero attached hydrogens (tertiary/aromatic N) is 3. The first-order chi connectivity index (χ1) is 10.6. The minimum atomic E-state index is 0.345. The monoisotopic (exact) mass is 309 g/mol. The first-order valence-corrected chi connectivity index (χ1v) is 9.31. The third-order valence-electron chi connectivity index (χ3n) is 5.12. The predicted molar refractivity (Wildman–Crippen MR) is 91.9 cm³/mol. The van der Waals surface area contributed by atoms with Crippen LogP contribution in [-0.4, -0.2) is 73.0 Å². The molecule has 2 atom stereocenters. The zero-order chi connectivity index (χ0) is 15.9. The fraction of sp³-hybridized carbons (Fsp3) is 0.944. The van der Waals surface area contributed by atoms with Gasteiger partial charge in [0.25, 0.3) is 0 Å². The van der Waals surface area contributed by atoms with E-state index in [1.165, 1.54) is 32.2 Å². The van der Waals surface area contributed by atoms with Crippen molar-refractivity contribution in [1.82, 2.24) is 14.7 Å². The summed E-state index contributed by atoms with van der Waals surface area (Å²) >= 11 is 0. The SMILES string of the molecule is CCCCCN1CCN(CC(=O)N2CC(C)CC(C)C2)CC1. The van der Waals surface area contributed by atoms with Gasteiger partial charge >= 0.3 is 0 Å². The summed E-state index contributed by atoms with van der Waals surface area (Å²) in [6.45, 7) is 14.9. The Balaban J connectivity index is 1.68. The van der Waals surface area contributed by atoms with E-state index in [0.29, 0.717) is 24.3 Å². The second-order valence-corrected chi connectivity index (χ2v) is 7.57. The molecule has 2 fully saturated rings. The molecule has 0 N–H and O–H groups in total. The molecule has 0 aromatic heterocycles. The van der Waals surface area contributed by atoms with Crippen molar-refractivity contribution in [3.8, 4) is 0 Å². The van der Waals surface area contributed by atoms with Crippen LogP contribution >= 0.6 is 0 Å². The molecule has 22 heavy (non-hydrogen) atoms. The molecule has 1 amide bonds. The van der Waals surface area contributed by atoms with E-state index in [-0.39, 0.29) is 0 Å². The molecule has 0 spiro atoms. The van der Waals surface area contributed by atoms with Gasteiger partial charge in [0.1, 0.15) is 0 Å². The van der Waals surface area contributed by atoms with Crippen LogP contribution in [-0.2, 0) is 4.79 Å². The molecule has 0 aromatic carbocycles. The van der Waals surface area contributed by atoms with E-state index < -0.39 is 0 Å². The Bertz CT molecular complexity index is 329. The van der Waals surface area contributed by atoms with Crippen molar-refractivity contribution >= 4 is 5.91 Å². The van der Waals surface area contributed by atoms with Gasteiger partial charge in [0.2, 0.25) is 5.91 Å². The Morgan fingerprint density at radius 3 is 2.14 bits per heavy atom. The van der Waals surface area contributed by atoms with Crippen LogP contribution in [0.3, 0.4) is 0 Å². The molecule has 2 unspecified atom stereocenters. The molecular formula is C18H35N3O. The molecular weight excluding hydrogens is 274 g/mol. The van der Waals surface area contributed by atoms with Crippen molar-refractivity contribution in [2.45, 2.75) is 46.5 Å². The topological polar surface area (TPSA) is 26.8 Å². The van der Waals surface area contributed by atoms with Gasteiger partial charge in [-0.3, -0.25) is 9.69 Å². The van der Waals surface area contributed by atoms with Gasteiger partial charge in [-0.05, 0) is 31.2 Å². The maximum Gasteiger partial charge on any atom is 0.236 e. The number of hydrogen-bond acceptors (Lipinski definition) is 3. The first-order valence-electron chi connectivity index (χ1n) is 9.31. The van der Waals surface area contributed by atoms with Crippen LogP contribution in [0.2, 0.25) is 0 Å². The number of unbranched alkanes of at least 4 members (excludes halogenated alkanes) is 2.